The third-order valence-corrected chi connectivity index (χ3v) is 4.57. The fraction of sp³-hybridized carbons (Fsp3) is 0.938. The number of piperidine rings is 1. The zero-order valence-electron chi connectivity index (χ0n) is 13.0. The van der Waals surface area contributed by atoms with Gasteiger partial charge in [-0.25, -0.2) is 0 Å². The van der Waals surface area contributed by atoms with Crippen molar-refractivity contribution in [3.63, 3.8) is 0 Å². The van der Waals surface area contributed by atoms with E-state index in [1.54, 1.807) is 0 Å². The number of ether oxygens (including phenoxy) is 1. The van der Waals surface area contributed by atoms with Gasteiger partial charge >= 0.3 is 0 Å². The summed E-state index contributed by atoms with van der Waals surface area (Å²) < 4.78 is 5.70. The molecular weight excluding hydrogens is 250 g/mol. The molecule has 1 saturated carbocycles. The van der Waals surface area contributed by atoms with Crippen LogP contribution in [0.3, 0.4) is 0 Å². The maximum atomic E-state index is 9.72. The van der Waals surface area contributed by atoms with Crippen molar-refractivity contribution in [1.29, 1.82) is 5.26 Å². The van der Waals surface area contributed by atoms with Crippen LogP contribution in [0.1, 0.15) is 46.0 Å². The van der Waals surface area contributed by atoms with Crippen LogP contribution in [-0.2, 0) is 4.74 Å². The summed E-state index contributed by atoms with van der Waals surface area (Å²) in [7, 11) is 0. The number of nitriles is 1. The van der Waals surface area contributed by atoms with Crippen molar-refractivity contribution < 1.29 is 4.74 Å². The van der Waals surface area contributed by atoms with Crippen LogP contribution in [0.25, 0.3) is 0 Å². The summed E-state index contributed by atoms with van der Waals surface area (Å²) in [4.78, 5) is 2.46. The van der Waals surface area contributed by atoms with Gasteiger partial charge in [-0.3, -0.25) is 5.32 Å². The molecule has 114 valence electrons. The molecule has 1 heterocycles. The maximum Gasteiger partial charge on any atom is 0.122 e. The molecule has 0 aromatic rings. The van der Waals surface area contributed by atoms with Crippen LogP contribution in [-0.4, -0.2) is 49.3 Å². The first-order valence-electron chi connectivity index (χ1n) is 8.24. The first-order chi connectivity index (χ1) is 9.74. The number of rotatable bonds is 8. The van der Waals surface area contributed by atoms with E-state index >= 15 is 0 Å². The zero-order valence-corrected chi connectivity index (χ0v) is 13.0. The summed E-state index contributed by atoms with van der Waals surface area (Å²) in [6, 6.07) is 2.61. The quantitative estimate of drug-likeness (QED) is 0.739. The molecule has 1 atom stereocenters. The molecule has 1 unspecified atom stereocenters. The minimum atomic E-state index is -0.311. The standard InChI is InChI=1S/C16H29N3O/c1-3-9-18-16(12-17,14-5-6-14)13-19-10-7-15(8-11-19)20-4-2/h14-15,18H,3-11,13H2,1-2H3. The number of hydrogen-bond acceptors (Lipinski definition) is 4. The minimum Gasteiger partial charge on any atom is -0.378 e. The molecule has 4 heteroatoms. The molecule has 1 aliphatic heterocycles. The van der Waals surface area contributed by atoms with Gasteiger partial charge in [-0.1, -0.05) is 6.92 Å². The predicted octanol–water partition coefficient (Wildman–Crippen LogP) is 2.16. The number of nitrogens with one attached hydrogen (secondary N) is 1. The Balaban J connectivity index is 1.87. The van der Waals surface area contributed by atoms with Crippen molar-refractivity contribution in [3.05, 3.63) is 0 Å². The summed E-state index contributed by atoms with van der Waals surface area (Å²) in [5.74, 6) is 0.559. The summed E-state index contributed by atoms with van der Waals surface area (Å²) in [6.45, 7) is 8.99. The van der Waals surface area contributed by atoms with Gasteiger partial charge in [-0.05, 0) is 51.5 Å². The van der Waals surface area contributed by atoms with Gasteiger partial charge in [0.25, 0.3) is 0 Å². The van der Waals surface area contributed by atoms with Crippen molar-refractivity contribution >= 4 is 0 Å². The highest BCUT2D eigenvalue weighted by Gasteiger charge is 2.46. The van der Waals surface area contributed by atoms with E-state index < -0.39 is 0 Å². The average Bonchev–Trinajstić information content (AvgIpc) is 3.31. The van der Waals surface area contributed by atoms with Crippen LogP contribution in [0, 0.1) is 17.2 Å². The fourth-order valence-electron chi connectivity index (χ4n) is 3.24. The largest absolute Gasteiger partial charge is 0.378 e. The molecule has 0 aromatic heterocycles. The van der Waals surface area contributed by atoms with E-state index in [0.717, 1.165) is 52.0 Å². The first kappa shape index (κ1) is 15.8. The second-order valence-corrected chi connectivity index (χ2v) is 6.22. The summed E-state index contributed by atoms with van der Waals surface area (Å²) in [5, 5.41) is 13.3. The van der Waals surface area contributed by atoms with Gasteiger partial charge in [0.15, 0.2) is 0 Å². The van der Waals surface area contributed by atoms with E-state index in [0.29, 0.717) is 12.0 Å². The molecule has 4 nitrogen and oxygen atoms in total. The normalized spacial score (nSPS) is 24.2. The lowest BCUT2D eigenvalue weighted by Gasteiger charge is -2.38. The van der Waals surface area contributed by atoms with Gasteiger partial charge in [0.05, 0.1) is 12.2 Å². The molecule has 1 saturated heterocycles. The fourth-order valence-corrected chi connectivity index (χ4v) is 3.24. The Morgan fingerprint density at radius 3 is 2.45 bits per heavy atom. The van der Waals surface area contributed by atoms with Gasteiger partial charge in [0.1, 0.15) is 5.54 Å². The molecule has 2 aliphatic rings. The second kappa shape index (κ2) is 7.40. The lowest BCUT2D eigenvalue weighted by molar-refractivity contribution is 0.00929. The van der Waals surface area contributed by atoms with Crippen molar-refractivity contribution in [2.45, 2.75) is 57.6 Å². The van der Waals surface area contributed by atoms with E-state index in [1.165, 1.54) is 12.8 Å². The lowest BCUT2D eigenvalue weighted by atomic mass is 9.92. The van der Waals surface area contributed by atoms with Crippen molar-refractivity contribution in [3.8, 4) is 6.07 Å². The molecule has 0 radical (unpaired) electrons. The first-order valence-corrected chi connectivity index (χ1v) is 8.24. The van der Waals surface area contributed by atoms with E-state index in [9.17, 15) is 5.26 Å². The number of nitrogens with zero attached hydrogens (tertiary/aromatic N) is 2. The molecule has 1 N–H and O–H groups in total. The topological polar surface area (TPSA) is 48.3 Å². The van der Waals surface area contributed by atoms with Crippen LogP contribution in [0.5, 0.6) is 0 Å². The van der Waals surface area contributed by atoms with E-state index in [4.69, 9.17) is 4.74 Å². The monoisotopic (exact) mass is 279 g/mol. The average molecular weight is 279 g/mol. The Bertz CT molecular complexity index is 329. The molecular formula is C16H29N3O. The summed E-state index contributed by atoms with van der Waals surface area (Å²) >= 11 is 0. The van der Waals surface area contributed by atoms with Crippen LogP contribution in [0.4, 0.5) is 0 Å². The van der Waals surface area contributed by atoms with Crippen LogP contribution in [0.2, 0.25) is 0 Å². The third kappa shape index (κ3) is 3.94. The molecule has 0 aromatic carbocycles. The molecule has 1 aliphatic carbocycles. The van der Waals surface area contributed by atoms with Gasteiger partial charge in [-0.2, -0.15) is 5.26 Å². The predicted molar refractivity (Wildman–Crippen MR) is 80.4 cm³/mol. The molecule has 0 spiro atoms. The summed E-state index contributed by atoms with van der Waals surface area (Å²) in [6.07, 6.45) is 6.14. The van der Waals surface area contributed by atoms with E-state index in [1.807, 2.05) is 0 Å². The molecule has 2 rings (SSSR count). The number of likely N-dealkylation sites (tertiary alicyclic amines) is 1. The third-order valence-electron chi connectivity index (χ3n) is 4.57. The van der Waals surface area contributed by atoms with Gasteiger partial charge in [0, 0.05) is 26.2 Å². The van der Waals surface area contributed by atoms with E-state index in [2.05, 4.69) is 30.1 Å². The highest BCUT2D eigenvalue weighted by molar-refractivity contribution is 5.16. The molecule has 0 amide bonds. The van der Waals surface area contributed by atoms with Gasteiger partial charge in [0.2, 0.25) is 0 Å². The van der Waals surface area contributed by atoms with Gasteiger partial charge < -0.3 is 9.64 Å². The van der Waals surface area contributed by atoms with Crippen molar-refractivity contribution in [1.82, 2.24) is 10.2 Å². The van der Waals surface area contributed by atoms with Crippen LogP contribution >= 0.6 is 0 Å². The highest BCUT2D eigenvalue weighted by Crippen LogP contribution is 2.40. The molecule has 0 bridgehead atoms. The Morgan fingerprint density at radius 2 is 1.95 bits per heavy atom. The lowest BCUT2D eigenvalue weighted by Crippen LogP contribution is -2.56. The van der Waals surface area contributed by atoms with Crippen LogP contribution in [0.15, 0.2) is 0 Å². The van der Waals surface area contributed by atoms with Crippen molar-refractivity contribution in [2.75, 3.05) is 32.8 Å². The number of hydrogen-bond donors (Lipinski definition) is 1. The van der Waals surface area contributed by atoms with Gasteiger partial charge in [-0.15, -0.1) is 0 Å². The SMILES string of the molecule is CCCNC(C#N)(CN1CCC(OCC)CC1)C1CC1. The minimum absolute atomic E-state index is 0.311. The highest BCUT2D eigenvalue weighted by atomic mass is 16.5. The molecule has 2 fully saturated rings. The molecule has 20 heavy (non-hydrogen) atoms. The second-order valence-electron chi connectivity index (χ2n) is 6.22. The Labute approximate surface area is 123 Å². The summed E-state index contributed by atoms with van der Waals surface area (Å²) in [5.41, 5.74) is -0.311. The van der Waals surface area contributed by atoms with Crippen LogP contribution < -0.4 is 5.32 Å². The Hall–Kier alpha value is -0.630. The van der Waals surface area contributed by atoms with E-state index in [-0.39, 0.29) is 5.54 Å². The maximum absolute atomic E-state index is 9.72. The van der Waals surface area contributed by atoms with Crippen molar-refractivity contribution in [2.24, 2.45) is 5.92 Å². The Kier molecular flexibility index (Phi) is 5.83. The smallest absolute Gasteiger partial charge is 0.122 e. The Morgan fingerprint density at radius 1 is 1.25 bits per heavy atom. The zero-order chi connectivity index (χ0) is 14.4.